The van der Waals surface area contributed by atoms with E-state index < -0.39 is 79.6 Å². The van der Waals surface area contributed by atoms with Gasteiger partial charge in [0.25, 0.3) is 0 Å². The summed E-state index contributed by atoms with van der Waals surface area (Å²) < 4.78 is 18.3. The number of nitrogens with two attached hydrogens (primary N) is 4. The molecule has 240 valence electrons. The predicted molar refractivity (Wildman–Crippen MR) is 147 cm³/mol. The Hall–Kier alpha value is -0.600. The lowest BCUT2D eigenvalue weighted by Gasteiger charge is -2.52. The van der Waals surface area contributed by atoms with Gasteiger partial charge in [-0.3, -0.25) is 0 Å². The Morgan fingerprint density at radius 1 is 0.878 bits per heavy atom. The molecule has 15 nitrogen and oxygen atoms in total. The van der Waals surface area contributed by atoms with E-state index in [4.69, 9.17) is 37.1 Å². The van der Waals surface area contributed by atoms with E-state index in [9.17, 15) is 30.6 Å². The molecule has 4 aliphatic rings. The van der Waals surface area contributed by atoms with Crippen LogP contribution in [0.2, 0.25) is 0 Å². The molecule has 4 fully saturated rings. The number of rotatable bonds is 12. The van der Waals surface area contributed by atoms with Crippen LogP contribution in [0.5, 0.6) is 0 Å². The van der Waals surface area contributed by atoms with E-state index in [0.717, 1.165) is 32.2 Å². The van der Waals surface area contributed by atoms with E-state index in [0.29, 0.717) is 12.5 Å². The van der Waals surface area contributed by atoms with Gasteiger partial charge in [0.05, 0.1) is 50.2 Å². The predicted octanol–water partition coefficient (Wildman–Crippen LogP) is -5.64. The molecule has 2 aliphatic heterocycles. The zero-order valence-electron chi connectivity index (χ0n) is 23.5. The van der Waals surface area contributed by atoms with Crippen molar-refractivity contribution >= 4 is 0 Å². The van der Waals surface area contributed by atoms with Crippen molar-refractivity contribution in [3.05, 3.63) is 0 Å². The number of hydrogen-bond acceptors (Lipinski definition) is 15. The molecular formula is C26H52N6O9. The molecule has 1 unspecified atom stereocenters. The SMILES string of the molecule is NC[C@@H]1CC[C@@H](NCC2CC(N)C2)[C@@H](C2[C@@H](N)C[C@@H](NC(CO)CO)[C@H](O[C@H]3O[C@H](CO)[C@@H](O)[C@H](N)[C@H]3O)[C@H]2O)O1. The lowest BCUT2D eigenvalue weighted by atomic mass is 9.71. The van der Waals surface area contributed by atoms with Gasteiger partial charge in [0.1, 0.15) is 24.4 Å². The molecule has 0 radical (unpaired) electrons. The minimum Gasteiger partial charge on any atom is -0.395 e. The summed E-state index contributed by atoms with van der Waals surface area (Å²) in [6.45, 7) is -0.213. The molecule has 0 aromatic rings. The van der Waals surface area contributed by atoms with Crippen molar-refractivity contribution in [3.63, 3.8) is 0 Å². The van der Waals surface area contributed by atoms with Gasteiger partial charge >= 0.3 is 0 Å². The highest BCUT2D eigenvalue weighted by atomic mass is 16.7. The van der Waals surface area contributed by atoms with Crippen molar-refractivity contribution in [1.29, 1.82) is 0 Å². The second kappa shape index (κ2) is 14.9. The quantitative estimate of drug-likeness (QED) is 0.101. The van der Waals surface area contributed by atoms with Crippen LogP contribution in [0.3, 0.4) is 0 Å². The van der Waals surface area contributed by atoms with Crippen molar-refractivity contribution < 1.29 is 44.8 Å². The van der Waals surface area contributed by atoms with Gasteiger partial charge in [-0.2, -0.15) is 0 Å². The summed E-state index contributed by atoms with van der Waals surface area (Å²) in [6.07, 6.45) is -4.52. The van der Waals surface area contributed by atoms with Crippen LogP contribution in [0, 0.1) is 11.8 Å². The van der Waals surface area contributed by atoms with Gasteiger partial charge in [-0.15, -0.1) is 0 Å². The van der Waals surface area contributed by atoms with Crippen LogP contribution in [0.4, 0.5) is 0 Å². The highest BCUT2D eigenvalue weighted by molar-refractivity contribution is 5.06. The first kappa shape index (κ1) is 33.3. The molecule has 2 heterocycles. The summed E-state index contributed by atoms with van der Waals surface area (Å²) in [4.78, 5) is 0. The lowest BCUT2D eigenvalue weighted by molar-refractivity contribution is -0.307. The van der Waals surface area contributed by atoms with Gasteiger partial charge in [-0.25, -0.2) is 0 Å². The molecule has 0 amide bonds. The molecule has 41 heavy (non-hydrogen) atoms. The number of aliphatic hydroxyl groups is 6. The number of aliphatic hydroxyl groups excluding tert-OH is 6. The van der Waals surface area contributed by atoms with E-state index >= 15 is 0 Å². The third-order valence-corrected chi connectivity index (χ3v) is 9.40. The van der Waals surface area contributed by atoms with Crippen LogP contribution in [0.15, 0.2) is 0 Å². The number of nitrogens with one attached hydrogen (secondary N) is 2. The van der Waals surface area contributed by atoms with Crippen LogP contribution in [-0.2, 0) is 14.2 Å². The van der Waals surface area contributed by atoms with E-state index in [2.05, 4.69) is 10.6 Å². The van der Waals surface area contributed by atoms with Crippen molar-refractivity contribution in [1.82, 2.24) is 10.6 Å². The molecule has 2 saturated carbocycles. The Balaban J connectivity index is 1.57. The molecule has 13 atom stereocenters. The molecule has 2 saturated heterocycles. The normalized spacial score (nSPS) is 47.3. The highest BCUT2D eigenvalue weighted by Gasteiger charge is 2.53. The Kier molecular flexibility index (Phi) is 12.1. The first-order valence-corrected chi connectivity index (χ1v) is 14.9. The van der Waals surface area contributed by atoms with Crippen LogP contribution in [0.25, 0.3) is 0 Å². The first-order valence-electron chi connectivity index (χ1n) is 14.9. The Labute approximate surface area is 240 Å². The molecular weight excluding hydrogens is 540 g/mol. The fraction of sp³-hybridized carbons (Fsp3) is 1.00. The Morgan fingerprint density at radius 2 is 1.59 bits per heavy atom. The summed E-state index contributed by atoms with van der Waals surface area (Å²) in [5, 5.41) is 68.8. The van der Waals surface area contributed by atoms with Gasteiger partial charge in [0, 0.05) is 36.6 Å². The molecule has 15 heteroatoms. The minimum atomic E-state index is -1.46. The highest BCUT2D eigenvalue weighted by Crippen LogP contribution is 2.37. The van der Waals surface area contributed by atoms with E-state index in [1.54, 1.807) is 0 Å². The summed E-state index contributed by atoms with van der Waals surface area (Å²) in [6, 6.07) is -2.98. The maximum atomic E-state index is 11.9. The third kappa shape index (κ3) is 7.56. The maximum Gasteiger partial charge on any atom is 0.186 e. The van der Waals surface area contributed by atoms with Crippen molar-refractivity contribution in [3.8, 4) is 0 Å². The van der Waals surface area contributed by atoms with E-state index in [1.165, 1.54) is 0 Å². The molecule has 2 aliphatic carbocycles. The average Bonchev–Trinajstić information content (AvgIpc) is 2.95. The lowest BCUT2D eigenvalue weighted by Crippen LogP contribution is -2.70. The van der Waals surface area contributed by atoms with Crippen LogP contribution < -0.4 is 33.6 Å². The van der Waals surface area contributed by atoms with Gasteiger partial charge in [-0.05, 0) is 44.6 Å². The average molecular weight is 593 g/mol. The maximum absolute atomic E-state index is 11.9. The molecule has 4 rings (SSSR count). The summed E-state index contributed by atoms with van der Waals surface area (Å²) in [5.74, 6) is -0.130. The molecule has 0 aromatic heterocycles. The van der Waals surface area contributed by atoms with Gasteiger partial charge in [0.15, 0.2) is 6.29 Å². The van der Waals surface area contributed by atoms with Gasteiger partial charge < -0.3 is 78.4 Å². The van der Waals surface area contributed by atoms with E-state index in [-0.39, 0.29) is 37.8 Å². The summed E-state index contributed by atoms with van der Waals surface area (Å²) >= 11 is 0. The van der Waals surface area contributed by atoms with Crippen LogP contribution in [-0.4, -0.2) is 149 Å². The third-order valence-electron chi connectivity index (χ3n) is 9.40. The second-order valence-corrected chi connectivity index (χ2v) is 12.3. The fourth-order valence-electron chi connectivity index (χ4n) is 6.86. The standard InChI is InChI=1S/C26H52N6O9/c27-6-14-1-2-16(31-7-11-3-12(28)4-11)24(39-14)19-15(29)5-17(32-13(8-33)9-34)25(22(19)37)41-26-23(38)20(30)21(36)18(10-35)40-26/h11-26,31-38H,1-10,27-30H2/t11?,12?,14-,15-,16+,17+,18+,19?,20-,21+,22-,23+,24-,25-,26+/m0/s1. The number of hydrogen-bond donors (Lipinski definition) is 12. The van der Waals surface area contributed by atoms with Crippen molar-refractivity contribution in [2.75, 3.05) is 32.9 Å². The topological polar surface area (TPSA) is 277 Å². The zero-order chi connectivity index (χ0) is 29.8. The zero-order valence-corrected chi connectivity index (χ0v) is 23.5. The van der Waals surface area contributed by atoms with Gasteiger partial charge in [0.2, 0.25) is 0 Å². The largest absolute Gasteiger partial charge is 0.395 e. The Morgan fingerprint density at radius 3 is 2.20 bits per heavy atom. The fourth-order valence-corrected chi connectivity index (χ4v) is 6.86. The smallest absolute Gasteiger partial charge is 0.186 e. The molecule has 0 spiro atoms. The van der Waals surface area contributed by atoms with Crippen LogP contribution in [0.1, 0.15) is 32.1 Å². The molecule has 16 N–H and O–H groups in total. The van der Waals surface area contributed by atoms with Crippen molar-refractivity contribution in [2.45, 2.75) is 117 Å². The molecule has 0 aromatic carbocycles. The Bertz CT molecular complexity index is 795. The van der Waals surface area contributed by atoms with E-state index in [1.807, 2.05) is 0 Å². The number of ether oxygens (including phenoxy) is 3. The first-order chi connectivity index (χ1) is 19.6. The minimum absolute atomic E-state index is 0.105. The summed E-state index contributed by atoms with van der Waals surface area (Å²) in [7, 11) is 0. The van der Waals surface area contributed by atoms with Crippen molar-refractivity contribution in [2.24, 2.45) is 34.8 Å². The monoisotopic (exact) mass is 592 g/mol. The van der Waals surface area contributed by atoms with Crippen LogP contribution >= 0.6 is 0 Å². The summed E-state index contributed by atoms with van der Waals surface area (Å²) in [5.41, 5.74) is 24.6. The molecule has 0 bridgehead atoms. The van der Waals surface area contributed by atoms with Gasteiger partial charge in [-0.1, -0.05) is 0 Å². The second-order valence-electron chi connectivity index (χ2n) is 12.3.